The largest absolute Gasteiger partial charge is 0.481 e. The first-order chi connectivity index (χ1) is 10.2. The van der Waals surface area contributed by atoms with E-state index in [0.717, 1.165) is 12.0 Å². The van der Waals surface area contributed by atoms with Crippen LogP contribution in [0.15, 0.2) is 24.3 Å². The topological polar surface area (TPSA) is 121 Å². The Balaban J connectivity index is 0.000000534. The number of aliphatic hydroxyl groups excluding tert-OH is 1. The fourth-order valence-corrected chi connectivity index (χ4v) is 1.63. The summed E-state index contributed by atoms with van der Waals surface area (Å²) >= 11 is 0. The van der Waals surface area contributed by atoms with E-state index in [2.05, 4.69) is 13.8 Å². The van der Waals surface area contributed by atoms with E-state index in [4.69, 9.17) is 21.1 Å². The van der Waals surface area contributed by atoms with Crippen molar-refractivity contribution in [2.45, 2.75) is 39.2 Å². The molecule has 0 fully saturated rings. The number of carbonyl (C=O) groups is 2. The van der Waals surface area contributed by atoms with E-state index in [1.54, 1.807) is 6.92 Å². The van der Waals surface area contributed by atoms with E-state index in [0.29, 0.717) is 5.92 Å². The van der Waals surface area contributed by atoms with Gasteiger partial charge in [-0.15, -0.1) is 0 Å². The fourth-order valence-electron chi connectivity index (χ4n) is 1.63. The molecule has 2 atom stereocenters. The molecule has 0 aromatic heterocycles. The molecule has 1 unspecified atom stereocenters. The molecule has 0 saturated heterocycles. The zero-order chi connectivity index (χ0) is 17.3. The Kier molecular flexibility index (Phi) is 9.05. The van der Waals surface area contributed by atoms with E-state index >= 15 is 0 Å². The van der Waals surface area contributed by atoms with Crippen LogP contribution in [0, 0.1) is 5.92 Å². The lowest BCUT2D eigenvalue weighted by molar-refractivity contribution is -0.140. The van der Waals surface area contributed by atoms with Crippen LogP contribution in [0.3, 0.4) is 0 Å². The van der Waals surface area contributed by atoms with Crippen LogP contribution in [0.25, 0.3) is 0 Å². The molecule has 1 rings (SSSR count). The summed E-state index contributed by atoms with van der Waals surface area (Å²) in [7, 11) is 0. The number of hydrogen-bond acceptors (Lipinski definition) is 4. The van der Waals surface area contributed by atoms with Gasteiger partial charge in [0, 0.05) is 0 Å². The lowest BCUT2D eigenvalue weighted by atomic mass is 9.97. The van der Waals surface area contributed by atoms with Crippen molar-refractivity contribution in [2.24, 2.45) is 11.7 Å². The predicted molar refractivity (Wildman–Crippen MR) is 83.7 cm³/mol. The highest BCUT2D eigenvalue weighted by Crippen LogP contribution is 2.17. The third kappa shape index (κ3) is 7.75. The number of rotatable bonds is 6. The van der Waals surface area contributed by atoms with Gasteiger partial charge in [0.2, 0.25) is 0 Å². The van der Waals surface area contributed by atoms with Crippen LogP contribution in [0.5, 0.6) is 0 Å². The van der Waals surface area contributed by atoms with Gasteiger partial charge in [-0.2, -0.15) is 0 Å². The highest BCUT2D eigenvalue weighted by Gasteiger charge is 2.12. The highest BCUT2D eigenvalue weighted by atomic mass is 16.4. The molecule has 22 heavy (non-hydrogen) atoms. The molecule has 0 radical (unpaired) electrons. The minimum atomic E-state index is -1.18. The second-order valence-electron chi connectivity index (χ2n) is 5.53. The summed E-state index contributed by atoms with van der Waals surface area (Å²) in [5.74, 6) is -1.74. The van der Waals surface area contributed by atoms with Crippen LogP contribution < -0.4 is 5.73 Å². The summed E-state index contributed by atoms with van der Waals surface area (Å²) in [5, 5.41) is 24.7. The quantitative estimate of drug-likeness (QED) is 0.631. The first-order valence-electron chi connectivity index (χ1n) is 7.09. The minimum absolute atomic E-state index is 0.418. The van der Waals surface area contributed by atoms with Gasteiger partial charge in [0.1, 0.15) is 6.04 Å². The Morgan fingerprint density at radius 1 is 1.05 bits per heavy atom. The van der Waals surface area contributed by atoms with Crippen LogP contribution in [0.1, 0.15) is 37.8 Å². The van der Waals surface area contributed by atoms with Gasteiger partial charge in [-0.05, 0) is 30.4 Å². The van der Waals surface area contributed by atoms with Gasteiger partial charge in [0.15, 0.2) is 0 Å². The zero-order valence-electron chi connectivity index (χ0n) is 13.2. The third-order valence-corrected chi connectivity index (χ3v) is 3.01. The first-order valence-corrected chi connectivity index (χ1v) is 7.09. The Labute approximate surface area is 130 Å². The molecule has 6 nitrogen and oxygen atoms in total. The molecule has 1 aromatic rings. The Morgan fingerprint density at radius 2 is 1.55 bits per heavy atom. The van der Waals surface area contributed by atoms with E-state index in [9.17, 15) is 9.59 Å². The molecule has 1 aromatic carbocycles. The van der Waals surface area contributed by atoms with E-state index < -0.39 is 30.5 Å². The Morgan fingerprint density at radius 3 is 1.82 bits per heavy atom. The first kappa shape index (κ1) is 20.1. The summed E-state index contributed by atoms with van der Waals surface area (Å²) in [5.41, 5.74) is 6.91. The van der Waals surface area contributed by atoms with Crippen LogP contribution in [0.2, 0.25) is 0 Å². The monoisotopic (exact) mass is 311 g/mol. The summed E-state index contributed by atoms with van der Waals surface area (Å²) < 4.78 is 0. The molecular weight excluding hydrogens is 286 g/mol. The Bertz CT molecular complexity index is 470. The molecule has 124 valence electrons. The van der Waals surface area contributed by atoms with Gasteiger partial charge in [-0.1, -0.05) is 38.1 Å². The van der Waals surface area contributed by atoms with Crippen molar-refractivity contribution in [1.29, 1.82) is 0 Å². The van der Waals surface area contributed by atoms with Crippen molar-refractivity contribution < 1.29 is 24.9 Å². The normalized spacial score (nSPS) is 13.0. The lowest BCUT2D eigenvalue weighted by Crippen LogP contribution is -2.33. The summed E-state index contributed by atoms with van der Waals surface area (Å²) in [6, 6.07) is 6.75. The summed E-state index contributed by atoms with van der Waals surface area (Å²) in [4.78, 5) is 20.4. The SMILES string of the molecule is CC(C)Cc1ccc(C(C)C(=O)O)cc1.N[C@@H](CO)C(=O)O. The Hall–Kier alpha value is -1.92. The number of hydrogen-bond donors (Lipinski definition) is 4. The van der Waals surface area contributed by atoms with Gasteiger partial charge >= 0.3 is 11.9 Å². The van der Waals surface area contributed by atoms with Crippen molar-refractivity contribution in [3.05, 3.63) is 35.4 Å². The van der Waals surface area contributed by atoms with E-state index in [-0.39, 0.29) is 0 Å². The highest BCUT2D eigenvalue weighted by molar-refractivity contribution is 5.75. The molecule has 0 aliphatic carbocycles. The van der Waals surface area contributed by atoms with Crippen LogP contribution in [-0.4, -0.2) is 39.9 Å². The lowest BCUT2D eigenvalue weighted by Gasteiger charge is -2.09. The van der Waals surface area contributed by atoms with Crippen LogP contribution in [-0.2, 0) is 16.0 Å². The van der Waals surface area contributed by atoms with Crippen molar-refractivity contribution >= 4 is 11.9 Å². The number of carboxylic acid groups (broad SMARTS) is 2. The van der Waals surface area contributed by atoms with Crippen molar-refractivity contribution in [2.75, 3.05) is 6.61 Å². The van der Waals surface area contributed by atoms with Crippen molar-refractivity contribution in [1.82, 2.24) is 0 Å². The number of aliphatic carboxylic acids is 2. The number of benzene rings is 1. The second kappa shape index (κ2) is 9.92. The van der Waals surface area contributed by atoms with Gasteiger partial charge in [-0.3, -0.25) is 9.59 Å². The van der Waals surface area contributed by atoms with E-state index in [1.807, 2.05) is 24.3 Å². The molecule has 0 aliphatic heterocycles. The van der Waals surface area contributed by atoms with Crippen LogP contribution in [0.4, 0.5) is 0 Å². The molecule has 0 heterocycles. The molecule has 0 amide bonds. The maximum Gasteiger partial charge on any atom is 0.322 e. The average Bonchev–Trinajstić information content (AvgIpc) is 2.46. The average molecular weight is 311 g/mol. The molecule has 5 N–H and O–H groups in total. The van der Waals surface area contributed by atoms with Crippen molar-refractivity contribution in [3.8, 4) is 0 Å². The zero-order valence-corrected chi connectivity index (χ0v) is 13.2. The molecule has 0 saturated carbocycles. The molecule has 6 heteroatoms. The number of nitrogens with two attached hydrogens (primary N) is 1. The smallest absolute Gasteiger partial charge is 0.322 e. The van der Waals surface area contributed by atoms with Crippen LogP contribution >= 0.6 is 0 Å². The second-order valence-corrected chi connectivity index (χ2v) is 5.53. The molecule has 0 aliphatic rings. The van der Waals surface area contributed by atoms with Gasteiger partial charge in [0.05, 0.1) is 12.5 Å². The summed E-state index contributed by atoms with van der Waals surface area (Å²) in [6.07, 6.45) is 1.04. The number of carboxylic acids is 2. The molecule has 0 spiro atoms. The molecule has 0 bridgehead atoms. The third-order valence-electron chi connectivity index (χ3n) is 3.01. The maximum atomic E-state index is 10.8. The van der Waals surface area contributed by atoms with Crippen molar-refractivity contribution in [3.63, 3.8) is 0 Å². The summed E-state index contributed by atoms with van der Waals surface area (Å²) in [6.45, 7) is 5.55. The van der Waals surface area contributed by atoms with Gasteiger partial charge in [-0.25, -0.2) is 0 Å². The maximum absolute atomic E-state index is 10.8. The standard InChI is InChI=1S/C13H18O2.C3H7NO3/c1-9(2)8-11-4-6-12(7-5-11)10(3)13(14)15;4-2(1-5)3(6)7/h4-7,9-10H,8H2,1-3H3,(H,14,15);2,5H,1,4H2,(H,6,7)/t;2-/m.0/s1. The minimum Gasteiger partial charge on any atom is -0.481 e. The predicted octanol–water partition coefficient (Wildman–Crippen LogP) is 1.46. The van der Waals surface area contributed by atoms with Gasteiger partial charge < -0.3 is 21.1 Å². The van der Waals surface area contributed by atoms with Gasteiger partial charge in [0.25, 0.3) is 0 Å². The molecular formula is C16H25NO5. The fraction of sp³-hybridized carbons (Fsp3) is 0.500. The van der Waals surface area contributed by atoms with E-state index in [1.165, 1.54) is 5.56 Å². The number of aliphatic hydroxyl groups is 1.